The molecular weight excluding hydrogens is 418 g/mol. The number of hydrogen-bond donors (Lipinski definition) is 0. The molecule has 2 aliphatic rings. The standard InChI is InChI=1S/C23H22N3O2S.ClH/c1-24(2)16-8-10-19-21(13-16)29-22-14-17(25(3)4)9-11-20(22)23(19)15-6-5-7-18(12-15)26(27)28;/h5-14H,1-4H3;1H/q+1;/p-1. The molecule has 4 rings (SSSR count). The molecule has 1 aliphatic heterocycles. The molecule has 0 atom stereocenters. The van der Waals surface area contributed by atoms with Crippen molar-refractivity contribution in [2.24, 2.45) is 0 Å². The van der Waals surface area contributed by atoms with E-state index < -0.39 is 0 Å². The molecule has 0 N–H and O–H groups in total. The van der Waals surface area contributed by atoms with E-state index in [4.69, 9.17) is 0 Å². The van der Waals surface area contributed by atoms with Crippen molar-refractivity contribution in [2.75, 3.05) is 33.1 Å². The number of hydrogen-bond acceptors (Lipinski definition) is 4. The SMILES string of the molecule is CN(C)c1ccc2c(-c3cccc([N+](=O)[O-])c3)c3ccc(=[N+](C)C)cc-3sc2c1.[Cl-]. The van der Waals surface area contributed by atoms with E-state index in [-0.39, 0.29) is 23.0 Å². The zero-order valence-corrected chi connectivity index (χ0v) is 18.8. The molecule has 30 heavy (non-hydrogen) atoms. The minimum atomic E-state index is -0.340. The Bertz CT molecular complexity index is 1290. The van der Waals surface area contributed by atoms with Crippen molar-refractivity contribution in [3.05, 3.63) is 76.1 Å². The van der Waals surface area contributed by atoms with Crippen molar-refractivity contribution in [3.63, 3.8) is 0 Å². The molecule has 0 aromatic heterocycles. The zero-order chi connectivity index (χ0) is 20.7. The number of nitro groups is 1. The fourth-order valence-corrected chi connectivity index (χ4v) is 4.67. The molecule has 7 heteroatoms. The lowest BCUT2D eigenvalue weighted by atomic mass is 9.95. The van der Waals surface area contributed by atoms with Crippen LogP contribution in [0.3, 0.4) is 0 Å². The summed E-state index contributed by atoms with van der Waals surface area (Å²) >= 11 is 1.75. The highest BCUT2D eigenvalue weighted by atomic mass is 35.5. The Morgan fingerprint density at radius 3 is 2.40 bits per heavy atom. The second kappa shape index (κ2) is 8.42. The van der Waals surface area contributed by atoms with Crippen LogP contribution in [-0.2, 0) is 0 Å². The number of rotatable bonds is 3. The molecule has 0 saturated carbocycles. The Labute approximate surface area is 185 Å². The van der Waals surface area contributed by atoms with Gasteiger partial charge in [0.15, 0.2) is 0 Å². The van der Waals surface area contributed by atoms with Crippen LogP contribution in [0.5, 0.6) is 0 Å². The lowest BCUT2D eigenvalue weighted by Gasteiger charge is -2.18. The predicted molar refractivity (Wildman–Crippen MR) is 122 cm³/mol. The smallest absolute Gasteiger partial charge is 0.270 e. The van der Waals surface area contributed by atoms with Crippen molar-refractivity contribution in [1.29, 1.82) is 0 Å². The molecule has 0 fully saturated rings. The van der Waals surface area contributed by atoms with E-state index in [0.717, 1.165) is 42.7 Å². The van der Waals surface area contributed by atoms with Crippen LogP contribution in [0.2, 0.25) is 0 Å². The van der Waals surface area contributed by atoms with Crippen molar-refractivity contribution in [2.45, 2.75) is 0 Å². The molecule has 5 nitrogen and oxygen atoms in total. The van der Waals surface area contributed by atoms with Crippen molar-refractivity contribution < 1.29 is 17.3 Å². The Balaban J connectivity index is 0.00000256. The molecule has 0 spiro atoms. The highest BCUT2D eigenvalue weighted by molar-refractivity contribution is 7.21. The van der Waals surface area contributed by atoms with E-state index in [2.05, 4.69) is 45.9 Å². The largest absolute Gasteiger partial charge is 1.00 e. The predicted octanol–water partition coefficient (Wildman–Crippen LogP) is 1.68. The first-order valence-electron chi connectivity index (χ1n) is 9.28. The quantitative estimate of drug-likeness (QED) is 0.211. The third-order valence-corrected chi connectivity index (χ3v) is 6.18. The Kier molecular flexibility index (Phi) is 6.10. The van der Waals surface area contributed by atoms with Crippen molar-refractivity contribution in [3.8, 4) is 21.6 Å². The molecular formula is C23H22ClN3O2S. The van der Waals surface area contributed by atoms with Gasteiger partial charge in [-0.3, -0.25) is 10.1 Å². The van der Waals surface area contributed by atoms with Gasteiger partial charge in [-0.05, 0) is 29.3 Å². The first kappa shape index (κ1) is 21.7. The summed E-state index contributed by atoms with van der Waals surface area (Å²) in [5, 5.41) is 13.6. The highest BCUT2D eigenvalue weighted by Crippen LogP contribution is 2.44. The average molecular weight is 440 g/mol. The molecule has 1 aliphatic carbocycles. The number of anilines is 1. The van der Waals surface area contributed by atoms with Crippen LogP contribution in [0.4, 0.5) is 11.4 Å². The minimum absolute atomic E-state index is 0. The van der Waals surface area contributed by atoms with E-state index in [1.54, 1.807) is 23.5 Å². The van der Waals surface area contributed by atoms with E-state index >= 15 is 0 Å². The van der Waals surface area contributed by atoms with Gasteiger partial charge in [-0.15, -0.1) is 11.3 Å². The number of nitro benzene ring substituents is 1. The Morgan fingerprint density at radius 1 is 0.967 bits per heavy atom. The first-order valence-corrected chi connectivity index (χ1v) is 10.1. The molecule has 2 aromatic rings. The van der Waals surface area contributed by atoms with Gasteiger partial charge < -0.3 is 17.3 Å². The van der Waals surface area contributed by atoms with E-state index in [1.807, 2.05) is 34.3 Å². The van der Waals surface area contributed by atoms with E-state index in [0.29, 0.717) is 0 Å². The number of benzene rings is 3. The lowest BCUT2D eigenvalue weighted by molar-refractivity contribution is -0.384. The van der Waals surface area contributed by atoms with Gasteiger partial charge in [0.1, 0.15) is 14.1 Å². The summed E-state index contributed by atoms with van der Waals surface area (Å²) in [4.78, 5) is 14.2. The normalized spacial score (nSPS) is 10.7. The van der Waals surface area contributed by atoms with E-state index in [1.165, 1.54) is 6.07 Å². The molecule has 1 heterocycles. The summed E-state index contributed by atoms with van der Waals surface area (Å²) in [5.74, 6) is 0. The third kappa shape index (κ3) is 3.88. The van der Waals surface area contributed by atoms with Gasteiger partial charge in [0.05, 0.1) is 4.92 Å². The second-order valence-corrected chi connectivity index (χ2v) is 8.52. The van der Waals surface area contributed by atoms with Crippen LogP contribution in [0.1, 0.15) is 0 Å². The monoisotopic (exact) mass is 439 g/mol. The summed E-state index contributed by atoms with van der Waals surface area (Å²) in [6.07, 6.45) is 0. The number of non-ortho nitro benzene ring substituents is 1. The molecule has 154 valence electrons. The zero-order valence-electron chi connectivity index (χ0n) is 17.2. The number of nitrogens with zero attached hydrogens (tertiary/aromatic N) is 3. The maximum atomic E-state index is 11.3. The first-order chi connectivity index (χ1) is 13.8. The van der Waals surface area contributed by atoms with Crippen LogP contribution in [-0.4, -0.2) is 33.1 Å². The Morgan fingerprint density at radius 2 is 1.73 bits per heavy atom. The van der Waals surface area contributed by atoms with Gasteiger partial charge in [-0.2, -0.15) is 0 Å². The van der Waals surface area contributed by atoms with Crippen molar-refractivity contribution in [1.82, 2.24) is 4.58 Å². The topological polar surface area (TPSA) is 49.4 Å². The molecule has 0 bridgehead atoms. The fourth-order valence-electron chi connectivity index (χ4n) is 3.51. The number of halogens is 1. The average Bonchev–Trinajstić information content (AvgIpc) is 2.71. The maximum Gasteiger partial charge on any atom is 0.270 e. The molecule has 0 unspecified atom stereocenters. The molecule has 0 saturated heterocycles. The van der Waals surface area contributed by atoms with Gasteiger partial charge in [-0.1, -0.05) is 18.2 Å². The van der Waals surface area contributed by atoms with Crippen molar-refractivity contribution >= 4 is 32.8 Å². The summed E-state index contributed by atoms with van der Waals surface area (Å²) in [7, 11) is 8.11. The number of fused-ring (bicyclic) bond motifs is 2. The fraction of sp³-hybridized carbons (Fsp3) is 0.174. The Hall–Kier alpha value is -2.96. The van der Waals surface area contributed by atoms with Crippen LogP contribution < -0.4 is 27.2 Å². The summed E-state index contributed by atoms with van der Waals surface area (Å²) in [6.45, 7) is 0. The van der Waals surface area contributed by atoms with Crippen LogP contribution in [0.15, 0.2) is 60.7 Å². The van der Waals surface area contributed by atoms with Crippen LogP contribution in [0, 0.1) is 10.1 Å². The third-order valence-electron chi connectivity index (χ3n) is 5.07. The highest BCUT2D eigenvalue weighted by Gasteiger charge is 2.18. The molecule has 0 radical (unpaired) electrons. The van der Waals surface area contributed by atoms with Gasteiger partial charge in [0.25, 0.3) is 5.69 Å². The maximum absolute atomic E-state index is 11.3. The van der Waals surface area contributed by atoms with Gasteiger partial charge in [0.2, 0.25) is 5.36 Å². The minimum Gasteiger partial charge on any atom is -1.00 e. The molecule has 2 aromatic carbocycles. The van der Waals surface area contributed by atoms with Gasteiger partial charge in [-0.25, -0.2) is 4.58 Å². The second-order valence-electron chi connectivity index (χ2n) is 7.43. The van der Waals surface area contributed by atoms with Crippen LogP contribution >= 0.6 is 11.3 Å². The van der Waals surface area contributed by atoms with Gasteiger partial charge >= 0.3 is 0 Å². The summed E-state index contributed by atoms with van der Waals surface area (Å²) in [5.41, 5.74) is 4.23. The lowest BCUT2D eigenvalue weighted by Crippen LogP contribution is -3.00. The van der Waals surface area contributed by atoms with E-state index in [9.17, 15) is 10.1 Å². The van der Waals surface area contributed by atoms with Gasteiger partial charge in [0, 0.05) is 64.6 Å². The van der Waals surface area contributed by atoms with Crippen LogP contribution in [0.25, 0.3) is 31.7 Å². The summed E-state index contributed by atoms with van der Waals surface area (Å²) < 4.78 is 3.24. The summed E-state index contributed by atoms with van der Waals surface area (Å²) in [6, 6.07) is 19.7. The molecule has 0 amide bonds.